The maximum absolute atomic E-state index is 13.4. The topological polar surface area (TPSA) is 117 Å². The smallest absolute Gasteiger partial charge is 0.465 e. The fourth-order valence-electron chi connectivity index (χ4n) is 2.47. The summed E-state index contributed by atoms with van der Waals surface area (Å²) in [5.74, 6) is -0.156. The van der Waals surface area contributed by atoms with Crippen LogP contribution in [0.1, 0.15) is 19.8 Å². The number of nitro groups is 1. The number of ether oxygens (including phenoxy) is 1. The van der Waals surface area contributed by atoms with E-state index in [0.717, 1.165) is 0 Å². The lowest BCUT2D eigenvalue weighted by molar-refractivity contribution is -0.384. The molecule has 1 atom stereocenters. The zero-order valence-corrected chi connectivity index (χ0v) is 16.0. The van der Waals surface area contributed by atoms with Crippen molar-refractivity contribution in [1.29, 1.82) is 0 Å². The molecular formula is C18H19N2O7P. The van der Waals surface area contributed by atoms with E-state index in [9.17, 15) is 19.5 Å². The molecule has 1 fully saturated rings. The average Bonchev–Trinajstić information content (AvgIpc) is 3.43. The molecule has 9 nitrogen and oxygen atoms in total. The number of rotatable bonds is 9. The second-order valence-corrected chi connectivity index (χ2v) is 7.74. The van der Waals surface area contributed by atoms with Crippen molar-refractivity contribution >= 4 is 19.4 Å². The normalized spacial score (nSPS) is 16.5. The van der Waals surface area contributed by atoms with Crippen molar-refractivity contribution in [2.24, 2.45) is 0 Å². The molecule has 28 heavy (non-hydrogen) atoms. The Morgan fingerprint density at radius 2 is 1.68 bits per heavy atom. The quantitative estimate of drug-likeness (QED) is 0.289. The van der Waals surface area contributed by atoms with Gasteiger partial charge in [-0.05, 0) is 44.0 Å². The van der Waals surface area contributed by atoms with Crippen LogP contribution in [0.15, 0.2) is 54.6 Å². The van der Waals surface area contributed by atoms with Gasteiger partial charge in [-0.2, -0.15) is 5.09 Å². The van der Waals surface area contributed by atoms with Crippen LogP contribution >= 0.6 is 7.75 Å². The van der Waals surface area contributed by atoms with E-state index in [1.807, 2.05) is 0 Å². The first-order valence-electron chi connectivity index (χ1n) is 8.61. The van der Waals surface area contributed by atoms with Crippen LogP contribution in [0.5, 0.6) is 11.5 Å². The zero-order valence-electron chi connectivity index (χ0n) is 15.1. The summed E-state index contributed by atoms with van der Waals surface area (Å²) in [4.78, 5) is 22.5. The van der Waals surface area contributed by atoms with Crippen LogP contribution < -0.4 is 14.1 Å². The minimum Gasteiger partial charge on any atom is -0.465 e. The van der Waals surface area contributed by atoms with E-state index in [1.165, 1.54) is 24.3 Å². The summed E-state index contributed by atoms with van der Waals surface area (Å²) in [7, 11) is -4.06. The number of nitrogens with zero attached hydrogens (tertiary/aromatic N) is 1. The number of nitro benzene ring substituents is 1. The Labute approximate surface area is 161 Å². The number of benzene rings is 2. The number of non-ortho nitro benzene ring substituents is 1. The zero-order chi connectivity index (χ0) is 20.2. The van der Waals surface area contributed by atoms with Gasteiger partial charge < -0.3 is 13.8 Å². The van der Waals surface area contributed by atoms with E-state index in [2.05, 4.69) is 5.09 Å². The minimum atomic E-state index is -4.06. The number of hydrogen-bond donors (Lipinski definition) is 1. The van der Waals surface area contributed by atoms with E-state index < -0.39 is 24.2 Å². The lowest BCUT2D eigenvalue weighted by Crippen LogP contribution is -2.40. The molecule has 0 aromatic heterocycles. The Balaban J connectivity index is 1.85. The number of carbonyl (C=O) groups is 1. The van der Waals surface area contributed by atoms with E-state index >= 15 is 0 Å². The summed E-state index contributed by atoms with van der Waals surface area (Å²) < 4.78 is 29.6. The molecule has 0 saturated heterocycles. The summed E-state index contributed by atoms with van der Waals surface area (Å²) >= 11 is 0. The predicted molar refractivity (Wildman–Crippen MR) is 100 cm³/mol. The van der Waals surface area contributed by atoms with Crippen LogP contribution in [-0.2, 0) is 14.1 Å². The molecule has 10 heteroatoms. The Morgan fingerprint density at radius 1 is 1.11 bits per heavy atom. The van der Waals surface area contributed by atoms with Crippen molar-refractivity contribution < 1.29 is 28.1 Å². The van der Waals surface area contributed by atoms with Crippen LogP contribution in [0.25, 0.3) is 0 Å². The molecule has 0 spiro atoms. The number of esters is 1. The van der Waals surface area contributed by atoms with Gasteiger partial charge in [0, 0.05) is 12.1 Å². The molecule has 0 bridgehead atoms. The van der Waals surface area contributed by atoms with Crippen molar-refractivity contribution in [1.82, 2.24) is 5.09 Å². The molecular weight excluding hydrogens is 387 g/mol. The van der Waals surface area contributed by atoms with Crippen molar-refractivity contribution in [3.63, 3.8) is 0 Å². The SMILES string of the molecule is CCOC(=O)C1(NP(=O)(Oc2ccccc2)Oc2ccc([N+](=O)[O-])cc2)CC1. The van der Waals surface area contributed by atoms with Gasteiger partial charge in [-0.15, -0.1) is 0 Å². The second kappa shape index (κ2) is 8.00. The summed E-state index contributed by atoms with van der Waals surface area (Å²) in [6.45, 7) is 1.87. The van der Waals surface area contributed by atoms with Gasteiger partial charge in [-0.25, -0.2) is 4.57 Å². The number of carbonyl (C=O) groups excluding carboxylic acids is 1. The Hall–Kier alpha value is -2.90. The largest absolute Gasteiger partial charge is 0.513 e. The van der Waals surface area contributed by atoms with E-state index in [1.54, 1.807) is 37.3 Å². The molecule has 1 aliphatic rings. The van der Waals surface area contributed by atoms with Gasteiger partial charge in [0.2, 0.25) is 0 Å². The van der Waals surface area contributed by atoms with Gasteiger partial charge in [0.15, 0.2) is 0 Å². The molecule has 3 rings (SSSR count). The fourth-order valence-corrected chi connectivity index (χ4v) is 4.24. The number of nitrogens with one attached hydrogen (secondary N) is 1. The van der Waals surface area contributed by atoms with Gasteiger partial charge in [-0.1, -0.05) is 18.2 Å². The fraction of sp³-hybridized carbons (Fsp3) is 0.278. The highest BCUT2D eigenvalue weighted by molar-refractivity contribution is 7.52. The standard InChI is InChI=1S/C18H19N2O7P/c1-2-25-17(21)18(12-13-18)19-28(24,26-15-6-4-3-5-7-15)27-16-10-8-14(9-11-16)20(22)23/h3-11H,2,12-13H2,1H3,(H,19,24). The highest BCUT2D eigenvalue weighted by Crippen LogP contribution is 2.52. The van der Waals surface area contributed by atoms with Crippen molar-refractivity contribution in [3.05, 3.63) is 64.7 Å². The molecule has 1 saturated carbocycles. The highest BCUT2D eigenvalue weighted by atomic mass is 31.2. The molecule has 148 valence electrons. The highest BCUT2D eigenvalue weighted by Gasteiger charge is 2.57. The van der Waals surface area contributed by atoms with Crippen LogP contribution in [0.4, 0.5) is 5.69 Å². The molecule has 1 N–H and O–H groups in total. The summed E-state index contributed by atoms with van der Waals surface area (Å²) in [5.41, 5.74) is -1.27. The monoisotopic (exact) mass is 406 g/mol. The number of para-hydroxylation sites is 1. The van der Waals surface area contributed by atoms with E-state index in [-0.39, 0.29) is 23.8 Å². The van der Waals surface area contributed by atoms with Gasteiger partial charge in [0.05, 0.1) is 11.5 Å². The third-order valence-electron chi connectivity index (χ3n) is 4.01. The van der Waals surface area contributed by atoms with Crippen LogP contribution in [0, 0.1) is 10.1 Å². The van der Waals surface area contributed by atoms with Crippen LogP contribution in [0.2, 0.25) is 0 Å². The van der Waals surface area contributed by atoms with Crippen molar-refractivity contribution in [2.75, 3.05) is 6.61 Å². The minimum absolute atomic E-state index is 0.0945. The maximum atomic E-state index is 13.4. The molecule has 0 aliphatic heterocycles. The first-order valence-corrected chi connectivity index (χ1v) is 10.2. The van der Waals surface area contributed by atoms with Crippen molar-refractivity contribution in [2.45, 2.75) is 25.3 Å². The van der Waals surface area contributed by atoms with Gasteiger partial charge in [-0.3, -0.25) is 14.9 Å². The molecule has 0 radical (unpaired) electrons. The maximum Gasteiger partial charge on any atom is 0.513 e. The Bertz CT molecular complexity index is 898. The van der Waals surface area contributed by atoms with E-state index in [4.69, 9.17) is 13.8 Å². The lowest BCUT2D eigenvalue weighted by Gasteiger charge is -2.24. The van der Waals surface area contributed by atoms with Gasteiger partial charge in [0.25, 0.3) is 5.69 Å². The molecule has 2 aromatic carbocycles. The number of hydrogen-bond acceptors (Lipinski definition) is 7. The molecule has 0 heterocycles. The van der Waals surface area contributed by atoms with Gasteiger partial charge in [0.1, 0.15) is 17.0 Å². The first kappa shape index (κ1) is 19.9. The summed E-state index contributed by atoms with van der Waals surface area (Å²) in [5, 5.41) is 13.5. The Morgan fingerprint density at radius 3 is 2.18 bits per heavy atom. The molecule has 0 amide bonds. The van der Waals surface area contributed by atoms with Gasteiger partial charge >= 0.3 is 13.7 Å². The lowest BCUT2D eigenvalue weighted by atomic mass is 10.3. The predicted octanol–water partition coefficient (Wildman–Crippen LogP) is 3.85. The molecule has 1 aliphatic carbocycles. The molecule has 1 unspecified atom stereocenters. The van der Waals surface area contributed by atoms with Crippen LogP contribution in [0.3, 0.4) is 0 Å². The summed E-state index contributed by atoms with van der Waals surface area (Å²) in [6.07, 6.45) is 0.856. The average molecular weight is 406 g/mol. The van der Waals surface area contributed by atoms with E-state index in [0.29, 0.717) is 12.8 Å². The second-order valence-electron chi connectivity index (χ2n) is 6.16. The van der Waals surface area contributed by atoms with Crippen molar-refractivity contribution in [3.8, 4) is 11.5 Å². The summed E-state index contributed by atoms with van der Waals surface area (Å²) in [6, 6.07) is 13.4. The Kier molecular flexibility index (Phi) is 5.67. The third kappa shape index (κ3) is 4.68. The third-order valence-corrected chi connectivity index (χ3v) is 5.61. The molecule has 2 aromatic rings. The first-order chi connectivity index (χ1) is 13.4. The van der Waals surface area contributed by atoms with Crippen LogP contribution in [-0.4, -0.2) is 23.0 Å².